The van der Waals surface area contributed by atoms with Gasteiger partial charge in [-0.05, 0) is 13.8 Å². The van der Waals surface area contributed by atoms with E-state index in [2.05, 4.69) is 4.98 Å². The van der Waals surface area contributed by atoms with Gasteiger partial charge in [0, 0.05) is 18.3 Å². The monoisotopic (exact) mass is 154 g/mol. The molecular weight excluding hydrogens is 144 g/mol. The number of aromatic amines is 1. The second-order valence-corrected chi connectivity index (χ2v) is 2.61. The minimum atomic E-state index is -0.355. The summed E-state index contributed by atoms with van der Waals surface area (Å²) < 4.78 is 1.46. The zero-order valence-corrected chi connectivity index (χ0v) is 6.50. The summed E-state index contributed by atoms with van der Waals surface area (Å²) in [6.45, 7) is 3.75. The van der Waals surface area contributed by atoms with Gasteiger partial charge in [0.25, 0.3) is 5.56 Å². The van der Waals surface area contributed by atoms with Gasteiger partial charge in [0.15, 0.2) is 0 Å². The van der Waals surface area contributed by atoms with Gasteiger partial charge in [-0.1, -0.05) is 0 Å². The summed E-state index contributed by atoms with van der Waals surface area (Å²) >= 11 is 0. The molecule has 0 unspecified atom stereocenters. The van der Waals surface area contributed by atoms with Gasteiger partial charge in [-0.25, -0.2) is 4.79 Å². The number of rotatable bonds is 1. The average molecular weight is 154 g/mol. The first-order valence-electron chi connectivity index (χ1n) is 3.42. The van der Waals surface area contributed by atoms with Crippen molar-refractivity contribution in [2.24, 2.45) is 0 Å². The Bertz CT molecular complexity index is 348. The predicted octanol–water partition coefficient (Wildman–Crippen LogP) is 0.117. The summed E-state index contributed by atoms with van der Waals surface area (Å²) in [5.74, 6) is 0. The molecule has 0 radical (unpaired) electrons. The third-order valence-electron chi connectivity index (χ3n) is 1.41. The molecule has 0 bridgehead atoms. The number of aromatic nitrogens is 2. The molecule has 0 aliphatic carbocycles. The lowest BCUT2D eigenvalue weighted by Crippen LogP contribution is -2.29. The van der Waals surface area contributed by atoms with E-state index in [0.717, 1.165) is 0 Å². The van der Waals surface area contributed by atoms with E-state index in [1.165, 1.54) is 16.8 Å². The molecule has 1 rings (SSSR count). The number of nitrogens with one attached hydrogen (secondary N) is 1. The molecule has 0 saturated carbocycles. The second kappa shape index (κ2) is 2.74. The summed E-state index contributed by atoms with van der Waals surface area (Å²) in [6.07, 6.45) is 1.49. The first-order chi connectivity index (χ1) is 5.11. The van der Waals surface area contributed by atoms with Gasteiger partial charge in [0.1, 0.15) is 0 Å². The van der Waals surface area contributed by atoms with Gasteiger partial charge in [-0.15, -0.1) is 0 Å². The van der Waals surface area contributed by atoms with Crippen LogP contribution in [0.25, 0.3) is 0 Å². The molecule has 11 heavy (non-hydrogen) atoms. The predicted molar refractivity (Wildman–Crippen MR) is 41.7 cm³/mol. The second-order valence-electron chi connectivity index (χ2n) is 2.61. The van der Waals surface area contributed by atoms with Crippen molar-refractivity contribution in [1.82, 2.24) is 9.55 Å². The molecular formula is C7H10N2O2. The third-order valence-corrected chi connectivity index (χ3v) is 1.41. The highest BCUT2D eigenvalue weighted by molar-refractivity contribution is 4.83. The fourth-order valence-corrected chi connectivity index (χ4v) is 0.834. The van der Waals surface area contributed by atoms with Crippen molar-refractivity contribution in [1.29, 1.82) is 0 Å². The minimum absolute atomic E-state index is 0.0827. The van der Waals surface area contributed by atoms with Crippen molar-refractivity contribution >= 4 is 0 Å². The van der Waals surface area contributed by atoms with Crippen LogP contribution in [0.4, 0.5) is 0 Å². The van der Waals surface area contributed by atoms with E-state index in [1.54, 1.807) is 0 Å². The van der Waals surface area contributed by atoms with E-state index in [0.29, 0.717) is 0 Å². The molecule has 0 aliphatic rings. The zero-order valence-electron chi connectivity index (χ0n) is 6.50. The van der Waals surface area contributed by atoms with Crippen molar-refractivity contribution in [2.45, 2.75) is 19.9 Å². The summed E-state index contributed by atoms with van der Waals surface area (Å²) in [5.41, 5.74) is -0.709. The molecule has 1 N–H and O–H groups in total. The van der Waals surface area contributed by atoms with E-state index < -0.39 is 0 Å². The van der Waals surface area contributed by atoms with E-state index in [9.17, 15) is 9.59 Å². The van der Waals surface area contributed by atoms with Gasteiger partial charge in [-0.2, -0.15) is 0 Å². The SMILES string of the molecule is CC(C)n1ccc(=O)[nH]c1=O. The van der Waals surface area contributed by atoms with E-state index in [4.69, 9.17) is 0 Å². The standard InChI is InChI=1S/C7H10N2O2/c1-5(2)9-4-3-6(10)8-7(9)11/h3-5H,1-2H3,(H,8,10,11). The van der Waals surface area contributed by atoms with Crippen molar-refractivity contribution in [3.8, 4) is 0 Å². The maximum atomic E-state index is 11.0. The summed E-state index contributed by atoms with van der Waals surface area (Å²) in [5, 5.41) is 0. The van der Waals surface area contributed by atoms with E-state index in [-0.39, 0.29) is 17.3 Å². The largest absolute Gasteiger partial charge is 0.328 e. The van der Waals surface area contributed by atoms with Crippen LogP contribution >= 0.6 is 0 Å². The van der Waals surface area contributed by atoms with Crippen molar-refractivity contribution in [2.75, 3.05) is 0 Å². The minimum Gasteiger partial charge on any atom is -0.298 e. The van der Waals surface area contributed by atoms with Gasteiger partial charge < -0.3 is 0 Å². The van der Waals surface area contributed by atoms with Gasteiger partial charge in [0.2, 0.25) is 0 Å². The fraction of sp³-hybridized carbons (Fsp3) is 0.429. The number of nitrogens with zero attached hydrogens (tertiary/aromatic N) is 1. The molecule has 60 valence electrons. The smallest absolute Gasteiger partial charge is 0.298 e. The molecule has 4 heteroatoms. The Labute approximate surface area is 63.5 Å². The Morgan fingerprint density at radius 3 is 2.55 bits per heavy atom. The van der Waals surface area contributed by atoms with Crippen molar-refractivity contribution in [3.63, 3.8) is 0 Å². The Hall–Kier alpha value is -1.32. The van der Waals surface area contributed by atoms with Crippen LogP contribution in [0.1, 0.15) is 19.9 Å². The molecule has 0 fully saturated rings. The molecule has 1 aromatic rings. The molecule has 0 atom stereocenters. The lowest BCUT2D eigenvalue weighted by atomic mass is 10.4. The van der Waals surface area contributed by atoms with Crippen LogP contribution in [0.15, 0.2) is 21.9 Å². The molecule has 0 aromatic carbocycles. The zero-order chi connectivity index (χ0) is 8.43. The highest BCUT2D eigenvalue weighted by atomic mass is 16.2. The van der Waals surface area contributed by atoms with Crippen LogP contribution in [0.3, 0.4) is 0 Å². The van der Waals surface area contributed by atoms with Gasteiger partial charge in [-0.3, -0.25) is 14.3 Å². The Morgan fingerprint density at radius 1 is 1.45 bits per heavy atom. The van der Waals surface area contributed by atoms with Gasteiger partial charge >= 0.3 is 5.69 Å². The topological polar surface area (TPSA) is 54.9 Å². The normalized spacial score (nSPS) is 10.5. The highest BCUT2D eigenvalue weighted by Crippen LogP contribution is 1.94. The molecule has 1 heterocycles. The maximum absolute atomic E-state index is 11.0. The number of hydrogen-bond donors (Lipinski definition) is 1. The van der Waals surface area contributed by atoms with Crippen molar-refractivity contribution < 1.29 is 0 Å². The molecule has 1 aromatic heterocycles. The van der Waals surface area contributed by atoms with Crippen LogP contribution in [0.2, 0.25) is 0 Å². The van der Waals surface area contributed by atoms with Gasteiger partial charge in [0.05, 0.1) is 0 Å². The van der Waals surface area contributed by atoms with E-state index in [1.807, 2.05) is 13.8 Å². The Balaban J connectivity index is 3.32. The first kappa shape index (κ1) is 7.78. The Morgan fingerprint density at radius 2 is 2.09 bits per heavy atom. The third kappa shape index (κ3) is 1.58. The summed E-state index contributed by atoms with van der Waals surface area (Å²) in [7, 11) is 0. The van der Waals surface area contributed by atoms with Crippen LogP contribution in [-0.2, 0) is 0 Å². The van der Waals surface area contributed by atoms with Crippen LogP contribution in [-0.4, -0.2) is 9.55 Å². The summed E-state index contributed by atoms with van der Waals surface area (Å²) in [4.78, 5) is 23.8. The average Bonchev–Trinajstić information content (AvgIpc) is 1.85. The highest BCUT2D eigenvalue weighted by Gasteiger charge is 1.98. The molecule has 0 spiro atoms. The number of hydrogen-bond acceptors (Lipinski definition) is 2. The van der Waals surface area contributed by atoms with Crippen molar-refractivity contribution in [3.05, 3.63) is 33.1 Å². The molecule has 0 saturated heterocycles. The lowest BCUT2D eigenvalue weighted by molar-refractivity contribution is 0.561. The van der Waals surface area contributed by atoms with E-state index >= 15 is 0 Å². The summed E-state index contributed by atoms with van der Waals surface area (Å²) in [6, 6.07) is 1.42. The maximum Gasteiger partial charge on any atom is 0.328 e. The van der Waals surface area contributed by atoms with Crippen LogP contribution < -0.4 is 11.2 Å². The molecule has 0 aliphatic heterocycles. The van der Waals surface area contributed by atoms with Crippen LogP contribution in [0, 0.1) is 0 Å². The Kier molecular flexibility index (Phi) is 1.94. The van der Waals surface area contributed by atoms with Crippen LogP contribution in [0.5, 0.6) is 0 Å². The molecule has 0 amide bonds. The molecule has 4 nitrogen and oxygen atoms in total. The number of H-pyrrole nitrogens is 1. The fourth-order valence-electron chi connectivity index (χ4n) is 0.834. The quantitative estimate of drug-likeness (QED) is 0.624. The lowest BCUT2D eigenvalue weighted by Gasteiger charge is -2.06. The first-order valence-corrected chi connectivity index (χ1v) is 3.42.